The predicted molar refractivity (Wildman–Crippen MR) is 53.5 cm³/mol. The van der Waals surface area contributed by atoms with Crippen LogP contribution in [-0.4, -0.2) is 28.4 Å². The molecule has 72 valence electrons. The Morgan fingerprint density at radius 3 is 3.23 bits per heavy atom. The molecule has 13 heavy (non-hydrogen) atoms. The van der Waals surface area contributed by atoms with Crippen LogP contribution in [0.25, 0.3) is 0 Å². The van der Waals surface area contributed by atoms with E-state index in [0.29, 0.717) is 5.92 Å². The molecule has 0 saturated carbocycles. The Hall–Kier alpha value is -0.420. The van der Waals surface area contributed by atoms with Gasteiger partial charge in [0, 0.05) is 13.0 Å². The molecule has 5 heteroatoms. The van der Waals surface area contributed by atoms with Crippen molar-refractivity contribution in [3.05, 3.63) is 10.6 Å². The highest BCUT2D eigenvalue weighted by Gasteiger charge is 2.20. The number of hydrogen-bond donors (Lipinski definition) is 1. The minimum atomic E-state index is 0.713. The number of hydrogen-bond acceptors (Lipinski definition) is 3. The van der Waals surface area contributed by atoms with E-state index in [1.165, 1.54) is 6.42 Å². The van der Waals surface area contributed by atoms with Gasteiger partial charge in [-0.25, -0.2) is 0 Å². The van der Waals surface area contributed by atoms with Gasteiger partial charge in [-0.05, 0) is 41.9 Å². The normalized spacial score (nSPS) is 21.5. The van der Waals surface area contributed by atoms with Crippen LogP contribution in [0.3, 0.4) is 0 Å². The van der Waals surface area contributed by atoms with Crippen LogP contribution in [0.15, 0.2) is 4.73 Å². The number of aryl methyl sites for hydroxylation is 1. The number of nitrogens with one attached hydrogen (secondary N) is 1. The average Bonchev–Trinajstić information content (AvgIpc) is 2.49. The van der Waals surface area contributed by atoms with E-state index in [-0.39, 0.29) is 0 Å². The van der Waals surface area contributed by atoms with Crippen LogP contribution in [0.1, 0.15) is 12.2 Å². The van der Waals surface area contributed by atoms with Crippen LogP contribution >= 0.6 is 15.9 Å². The molecule has 1 aliphatic rings. The van der Waals surface area contributed by atoms with Gasteiger partial charge in [0.2, 0.25) is 0 Å². The molecule has 1 aromatic heterocycles. The topological polar surface area (TPSA) is 42.7 Å². The first-order chi connectivity index (χ1) is 6.31. The molecule has 2 rings (SSSR count). The molecule has 0 spiro atoms. The van der Waals surface area contributed by atoms with Crippen molar-refractivity contribution in [3.63, 3.8) is 0 Å². The van der Waals surface area contributed by atoms with Gasteiger partial charge in [0.05, 0.1) is 0 Å². The van der Waals surface area contributed by atoms with Gasteiger partial charge in [0.25, 0.3) is 0 Å². The molecule has 0 amide bonds. The van der Waals surface area contributed by atoms with Crippen molar-refractivity contribution in [2.75, 3.05) is 13.6 Å². The highest BCUT2D eigenvalue weighted by molar-refractivity contribution is 9.10. The molecule has 0 aromatic carbocycles. The molecule has 0 saturated heterocycles. The summed E-state index contributed by atoms with van der Waals surface area (Å²) in [5, 5.41) is 11.3. The van der Waals surface area contributed by atoms with Crippen molar-refractivity contribution < 1.29 is 0 Å². The fourth-order valence-corrected chi connectivity index (χ4v) is 2.25. The van der Waals surface area contributed by atoms with E-state index in [4.69, 9.17) is 0 Å². The monoisotopic (exact) mass is 244 g/mol. The Balaban J connectivity index is 2.13. The maximum atomic E-state index is 4.10. The van der Waals surface area contributed by atoms with Crippen LogP contribution in [0, 0.1) is 5.92 Å². The second-order valence-corrected chi connectivity index (χ2v) is 4.17. The molecule has 0 fully saturated rings. The number of aromatic nitrogens is 3. The highest BCUT2D eigenvalue weighted by atomic mass is 79.9. The zero-order valence-electron chi connectivity index (χ0n) is 7.63. The van der Waals surface area contributed by atoms with Crippen LogP contribution in [0.5, 0.6) is 0 Å². The summed E-state index contributed by atoms with van der Waals surface area (Å²) >= 11 is 3.40. The van der Waals surface area contributed by atoms with E-state index in [9.17, 15) is 0 Å². The highest BCUT2D eigenvalue weighted by Crippen LogP contribution is 2.21. The summed E-state index contributed by atoms with van der Waals surface area (Å²) in [5.74, 6) is 1.82. The molecule has 1 N–H and O–H groups in total. The number of halogens is 1. The van der Waals surface area contributed by atoms with Crippen molar-refractivity contribution in [2.45, 2.75) is 19.4 Å². The summed E-state index contributed by atoms with van der Waals surface area (Å²) in [4.78, 5) is 0. The van der Waals surface area contributed by atoms with Gasteiger partial charge in [-0.3, -0.25) is 0 Å². The number of fused-ring (bicyclic) bond motifs is 1. The minimum absolute atomic E-state index is 0.713. The Kier molecular flexibility index (Phi) is 2.64. The lowest BCUT2D eigenvalue weighted by atomic mass is 10.00. The van der Waals surface area contributed by atoms with Gasteiger partial charge in [-0.2, -0.15) is 0 Å². The molecule has 1 aliphatic heterocycles. The summed E-state index contributed by atoms with van der Waals surface area (Å²) in [6, 6.07) is 0. The molecule has 2 heterocycles. The predicted octanol–water partition coefficient (Wildman–Crippen LogP) is 0.822. The molecular formula is C8H13BrN4. The minimum Gasteiger partial charge on any atom is -0.319 e. The van der Waals surface area contributed by atoms with Gasteiger partial charge < -0.3 is 9.88 Å². The van der Waals surface area contributed by atoms with Crippen LogP contribution < -0.4 is 5.32 Å². The zero-order chi connectivity index (χ0) is 9.26. The van der Waals surface area contributed by atoms with Crippen LogP contribution in [-0.2, 0) is 13.0 Å². The smallest absolute Gasteiger partial charge is 0.200 e. The summed E-state index contributed by atoms with van der Waals surface area (Å²) < 4.78 is 3.02. The van der Waals surface area contributed by atoms with Crippen molar-refractivity contribution in [1.29, 1.82) is 0 Å². The maximum absolute atomic E-state index is 4.10. The molecule has 1 aromatic rings. The molecule has 0 aliphatic carbocycles. The van der Waals surface area contributed by atoms with Gasteiger partial charge >= 0.3 is 0 Å². The third-order valence-corrected chi connectivity index (χ3v) is 3.08. The summed E-state index contributed by atoms with van der Waals surface area (Å²) in [5.41, 5.74) is 0. The zero-order valence-corrected chi connectivity index (χ0v) is 9.21. The largest absolute Gasteiger partial charge is 0.319 e. The van der Waals surface area contributed by atoms with Crippen LogP contribution in [0.4, 0.5) is 0 Å². The third kappa shape index (κ3) is 1.76. The van der Waals surface area contributed by atoms with Crippen molar-refractivity contribution in [2.24, 2.45) is 5.92 Å². The summed E-state index contributed by atoms with van der Waals surface area (Å²) in [7, 11) is 2.00. The average molecular weight is 245 g/mol. The first-order valence-corrected chi connectivity index (χ1v) is 5.32. The summed E-state index contributed by atoms with van der Waals surface area (Å²) in [6.45, 7) is 2.10. The molecular weight excluding hydrogens is 232 g/mol. The van der Waals surface area contributed by atoms with Gasteiger partial charge in [0.1, 0.15) is 5.82 Å². The quantitative estimate of drug-likeness (QED) is 0.838. The van der Waals surface area contributed by atoms with E-state index in [2.05, 4.69) is 36.0 Å². The second-order valence-electron chi connectivity index (χ2n) is 3.46. The molecule has 0 bridgehead atoms. The first kappa shape index (κ1) is 9.15. The molecule has 4 nitrogen and oxygen atoms in total. The van der Waals surface area contributed by atoms with Crippen molar-refractivity contribution in [1.82, 2.24) is 20.1 Å². The second kappa shape index (κ2) is 3.75. The van der Waals surface area contributed by atoms with E-state index in [1.54, 1.807) is 0 Å². The Labute approximate surface area is 85.9 Å². The Morgan fingerprint density at radius 1 is 1.62 bits per heavy atom. The fraction of sp³-hybridized carbons (Fsp3) is 0.750. The number of nitrogens with zero attached hydrogens (tertiary/aromatic N) is 3. The number of rotatable bonds is 2. The van der Waals surface area contributed by atoms with Crippen LogP contribution in [0.2, 0.25) is 0 Å². The van der Waals surface area contributed by atoms with E-state index in [1.807, 2.05) is 7.05 Å². The first-order valence-electron chi connectivity index (χ1n) is 4.53. The molecule has 1 unspecified atom stereocenters. The molecule has 1 atom stereocenters. The Morgan fingerprint density at radius 2 is 2.46 bits per heavy atom. The van der Waals surface area contributed by atoms with E-state index >= 15 is 0 Å². The van der Waals surface area contributed by atoms with Crippen molar-refractivity contribution >= 4 is 15.9 Å². The Bertz CT molecular complexity index is 296. The lowest BCUT2D eigenvalue weighted by Crippen LogP contribution is -2.28. The lowest BCUT2D eigenvalue weighted by molar-refractivity contribution is 0.353. The SMILES string of the molecule is CNCC1CCc2nnc(Br)n2C1. The van der Waals surface area contributed by atoms with Gasteiger partial charge in [-0.1, -0.05) is 0 Å². The summed E-state index contributed by atoms with van der Waals surface area (Å²) in [6.07, 6.45) is 2.26. The van der Waals surface area contributed by atoms with Gasteiger partial charge in [0.15, 0.2) is 4.73 Å². The third-order valence-electron chi connectivity index (χ3n) is 2.49. The fourth-order valence-electron chi connectivity index (χ4n) is 1.82. The van der Waals surface area contributed by atoms with Gasteiger partial charge in [-0.15, -0.1) is 10.2 Å². The lowest BCUT2D eigenvalue weighted by Gasteiger charge is -2.22. The molecule has 0 radical (unpaired) electrons. The van der Waals surface area contributed by atoms with Crippen molar-refractivity contribution in [3.8, 4) is 0 Å². The van der Waals surface area contributed by atoms with E-state index < -0.39 is 0 Å². The standard InChI is InChI=1S/C8H13BrN4/c1-10-4-6-2-3-7-11-12-8(9)13(7)5-6/h6,10H,2-5H2,1H3. The van der Waals surface area contributed by atoms with E-state index in [0.717, 1.165) is 30.1 Å². The maximum Gasteiger partial charge on any atom is 0.200 e.